The summed E-state index contributed by atoms with van der Waals surface area (Å²) in [4.78, 5) is 5.64. The quantitative estimate of drug-likeness (QED) is 0.812. The van der Waals surface area contributed by atoms with E-state index in [2.05, 4.69) is 53.8 Å². The predicted molar refractivity (Wildman–Crippen MR) is 82.6 cm³/mol. The van der Waals surface area contributed by atoms with E-state index in [0.717, 1.165) is 18.7 Å². The van der Waals surface area contributed by atoms with Crippen LogP contribution >= 0.6 is 11.8 Å². The molecule has 0 amide bonds. The van der Waals surface area contributed by atoms with E-state index in [1.54, 1.807) is 11.8 Å². The predicted octanol–water partition coefficient (Wildman–Crippen LogP) is 3.70. The number of benzene rings is 1. The number of thioether (sulfide) groups is 1. The Hall–Kier alpha value is -1.32. The molecule has 1 N–H and O–H groups in total. The van der Waals surface area contributed by atoms with E-state index in [-0.39, 0.29) is 0 Å². The molecule has 2 nitrogen and oxygen atoms in total. The molecule has 1 aromatic heterocycles. The van der Waals surface area contributed by atoms with E-state index in [1.807, 2.05) is 18.3 Å². The smallest absolute Gasteiger partial charge is 0.0416 e. The fourth-order valence-electron chi connectivity index (χ4n) is 1.97. The van der Waals surface area contributed by atoms with Crippen LogP contribution in [0.4, 0.5) is 0 Å². The van der Waals surface area contributed by atoms with Crippen LogP contribution in [0.25, 0.3) is 0 Å². The molecule has 1 unspecified atom stereocenters. The molecule has 19 heavy (non-hydrogen) atoms. The van der Waals surface area contributed by atoms with Gasteiger partial charge in [0.25, 0.3) is 0 Å². The maximum absolute atomic E-state index is 4.33. The average molecular weight is 272 g/mol. The van der Waals surface area contributed by atoms with Crippen molar-refractivity contribution in [1.82, 2.24) is 10.3 Å². The van der Waals surface area contributed by atoms with Gasteiger partial charge in [0.2, 0.25) is 0 Å². The SMILES string of the molecule is CSc1ccc(C(C)NCCc2ccccn2)cc1. The lowest BCUT2D eigenvalue weighted by atomic mass is 10.1. The second-order valence-corrected chi connectivity index (χ2v) is 5.40. The lowest BCUT2D eigenvalue weighted by Crippen LogP contribution is -2.21. The minimum absolute atomic E-state index is 0.375. The van der Waals surface area contributed by atoms with Gasteiger partial charge in [0.05, 0.1) is 0 Å². The molecule has 0 saturated carbocycles. The zero-order chi connectivity index (χ0) is 13.5. The topological polar surface area (TPSA) is 24.9 Å². The van der Waals surface area contributed by atoms with Crippen molar-refractivity contribution in [2.45, 2.75) is 24.3 Å². The van der Waals surface area contributed by atoms with Crippen molar-refractivity contribution in [3.8, 4) is 0 Å². The van der Waals surface area contributed by atoms with Crippen LogP contribution in [0.15, 0.2) is 53.6 Å². The summed E-state index contributed by atoms with van der Waals surface area (Å²) in [6.45, 7) is 3.15. The molecule has 0 aliphatic rings. The van der Waals surface area contributed by atoms with Crippen LogP contribution in [-0.4, -0.2) is 17.8 Å². The first-order valence-electron chi connectivity index (χ1n) is 6.57. The lowest BCUT2D eigenvalue weighted by molar-refractivity contribution is 0.573. The Labute approximate surface area is 119 Å². The molecule has 0 aliphatic carbocycles. The van der Waals surface area contributed by atoms with Crippen LogP contribution < -0.4 is 5.32 Å². The van der Waals surface area contributed by atoms with Gasteiger partial charge in [-0.3, -0.25) is 4.98 Å². The molecule has 2 rings (SSSR count). The summed E-state index contributed by atoms with van der Waals surface area (Å²) in [5.41, 5.74) is 2.47. The molecule has 1 atom stereocenters. The maximum atomic E-state index is 4.33. The number of hydrogen-bond donors (Lipinski definition) is 1. The summed E-state index contributed by atoms with van der Waals surface area (Å²) in [7, 11) is 0. The highest BCUT2D eigenvalue weighted by Crippen LogP contribution is 2.18. The van der Waals surface area contributed by atoms with Gasteiger partial charge in [0.1, 0.15) is 0 Å². The molecule has 2 aromatic rings. The van der Waals surface area contributed by atoms with Gasteiger partial charge in [-0.05, 0) is 43.0 Å². The molecule has 1 heterocycles. The number of hydrogen-bond acceptors (Lipinski definition) is 3. The highest BCUT2D eigenvalue weighted by molar-refractivity contribution is 7.98. The van der Waals surface area contributed by atoms with Gasteiger partial charge in [-0.25, -0.2) is 0 Å². The maximum Gasteiger partial charge on any atom is 0.0416 e. The summed E-state index contributed by atoms with van der Waals surface area (Å²) in [6.07, 6.45) is 4.91. The summed E-state index contributed by atoms with van der Waals surface area (Å²) in [5, 5.41) is 3.54. The van der Waals surface area contributed by atoms with Crippen molar-refractivity contribution in [1.29, 1.82) is 0 Å². The Morgan fingerprint density at radius 1 is 1.16 bits per heavy atom. The molecule has 3 heteroatoms. The minimum Gasteiger partial charge on any atom is -0.310 e. The van der Waals surface area contributed by atoms with E-state index in [1.165, 1.54) is 10.5 Å². The molecule has 1 aromatic carbocycles. The number of aromatic nitrogens is 1. The zero-order valence-corrected chi connectivity index (χ0v) is 12.3. The van der Waals surface area contributed by atoms with Crippen LogP contribution in [0.5, 0.6) is 0 Å². The van der Waals surface area contributed by atoms with Crippen LogP contribution in [0.1, 0.15) is 24.2 Å². The number of nitrogens with zero attached hydrogens (tertiary/aromatic N) is 1. The molecule has 100 valence electrons. The molecule has 0 spiro atoms. The Morgan fingerprint density at radius 3 is 2.58 bits per heavy atom. The van der Waals surface area contributed by atoms with Crippen LogP contribution in [-0.2, 0) is 6.42 Å². The highest BCUT2D eigenvalue weighted by Gasteiger charge is 2.04. The van der Waals surface area contributed by atoms with E-state index >= 15 is 0 Å². The molecule has 0 fully saturated rings. The molecule has 0 bridgehead atoms. The molecule has 0 saturated heterocycles. The number of rotatable bonds is 6. The second kappa shape index (κ2) is 7.31. The standard InChI is InChI=1S/C16H20N2S/c1-13(14-6-8-16(19-2)9-7-14)17-12-10-15-5-3-4-11-18-15/h3-9,11,13,17H,10,12H2,1-2H3. The van der Waals surface area contributed by atoms with Crippen molar-refractivity contribution >= 4 is 11.8 Å². The minimum atomic E-state index is 0.375. The Morgan fingerprint density at radius 2 is 1.95 bits per heavy atom. The Balaban J connectivity index is 1.82. The van der Waals surface area contributed by atoms with Gasteiger partial charge in [0, 0.05) is 35.8 Å². The second-order valence-electron chi connectivity index (χ2n) is 4.52. The zero-order valence-electron chi connectivity index (χ0n) is 11.5. The van der Waals surface area contributed by atoms with Gasteiger partial charge in [-0.15, -0.1) is 11.8 Å². The fraction of sp³-hybridized carbons (Fsp3) is 0.312. The van der Waals surface area contributed by atoms with E-state index in [4.69, 9.17) is 0 Å². The van der Waals surface area contributed by atoms with E-state index in [0.29, 0.717) is 6.04 Å². The first-order chi connectivity index (χ1) is 9.29. The average Bonchev–Trinajstić information content (AvgIpc) is 2.48. The van der Waals surface area contributed by atoms with Crippen molar-refractivity contribution in [3.05, 3.63) is 59.9 Å². The van der Waals surface area contributed by atoms with Crippen molar-refractivity contribution < 1.29 is 0 Å². The van der Waals surface area contributed by atoms with Gasteiger partial charge >= 0.3 is 0 Å². The fourth-order valence-corrected chi connectivity index (χ4v) is 2.38. The summed E-state index contributed by atoms with van der Waals surface area (Å²) in [5.74, 6) is 0. The summed E-state index contributed by atoms with van der Waals surface area (Å²) < 4.78 is 0. The van der Waals surface area contributed by atoms with Crippen molar-refractivity contribution in [2.24, 2.45) is 0 Å². The molecule has 0 radical (unpaired) electrons. The first-order valence-corrected chi connectivity index (χ1v) is 7.79. The van der Waals surface area contributed by atoms with Crippen LogP contribution in [0.3, 0.4) is 0 Å². The Kier molecular flexibility index (Phi) is 5.43. The third-order valence-corrected chi connectivity index (χ3v) is 3.92. The van der Waals surface area contributed by atoms with Gasteiger partial charge < -0.3 is 5.32 Å². The van der Waals surface area contributed by atoms with Gasteiger partial charge in [-0.2, -0.15) is 0 Å². The van der Waals surface area contributed by atoms with Gasteiger partial charge in [0.15, 0.2) is 0 Å². The summed E-state index contributed by atoms with van der Waals surface area (Å²) >= 11 is 1.78. The normalized spacial score (nSPS) is 12.3. The Bertz CT molecular complexity index is 482. The van der Waals surface area contributed by atoms with E-state index < -0.39 is 0 Å². The lowest BCUT2D eigenvalue weighted by Gasteiger charge is -2.14. The van der Waals surface area contributed by atoms with Crippen molar-refractivity contribution in [2.75, 3.05) is 12.8 Å². The first kappa shape index (κ1) is 14.1. The number of pyridine rings is 1. The summed E-state index contributed by atoms with van der Waals surface area (Å²) in [6, 6.07) is 15.2. The van der Waals surface area contributed by atoms with Crippen LogP contribution in [0, 0.1) is 0 Å². The van der Waals surface area contributed by atoms with Crippen LogP contribution in [0.2, 0.25) is 0 Å². The van der Waals surface area contributed by atoms with Gasteiger partial charge in [-0.1, -0.05) is 18.2 Å². The van der Waals surface area contributed by atoms with Crippen molar-refractivity contribution in [3.63, 3.8) is 0 Å². The largest absolute Gasteiger partial charge is 0.310 e. The third kappa shape index (κ3) is 4.37. The molecular weight excluding hydrogens is 252 g/mol. The molecule has 0 aliphatic heterocycles. The monoisotopic (exact) mass is 272 g/mol. The highest BCUT2D eigenvalue weighted by atomic mass is 32.2. The number of nitrogens with one attached hydrogen (secondary N) is 1. The molecular formula is C16H20N2S. The van der Waals surface area contributed by atoms with E-state index in [9.17, 15) is 0 Å². The third-order valence-electron chi connectivity index (χ3n) is 3.17.